The van der Waals surface area contributed by atoms with Crippen molar-refractivity contribution in [3.8, 4) is 5.82 Å². The van der Waals surface area contributed by atoms with Gasteiger partial charge in [-0.25, -0.2) is 9.37 Å². The van der Waals surface area contributed by atoms with Crippen LogP contribution < -0.4 is 9.80 Å². The number of benzene rings is 7. The lowest BCUT2D eigenvalue weighted by molar-refractivity contribution is 0.627. The van der Waals surface area contributed by atoms with Gasteiger partial charge in [0.1, 0.15) is 18.3 Å². The van der Waals surface area contributed by atoms with Crippen molar-refractivity contribution >= 4 is 55.7 Å². The number of aromatic nitrogens is 2. The summed E-state index contributed by atoms with van der Waals surface area (Å²) in [6.07, 6.45) is 1.83. The summed E-state index contributed by atoms with van der Waals surface area (Å²) < 4.78 is 18.7. The predicted molar refractivity (Wildman–Crippen MR) is 225 cm³/mol. The molecule has 0 fully saturated rings. The van der Waals surface area contributed by atoms with Crippen LogP contribution in [-0.2, 0) is 0 Å². The van der Waals surface area contributed by atoms with Gasteiger partial charge in [-0.1, -0.05) is 127 Å². The standard InChI is InChI=1S/C50H35FN4/c51-39-30-38(31-41(33-39)54-34-53(40-20-8-3-9-21-40)45-24-12-13-25-46(45)54)50(49(35-16-4-1-5-17-35)36-18-6-2-7-19-36)37-27-28-43-42-22-10-11-23-44(42)55(47(43)32-37)48-26-14-15-29-52-48/h1-33H,34H2. The molecule has 9 aromatic rings. The van der Waals surface area contributed by atoms with E-state index in [0.29, 0.717) is 6.67 Å². The van der Waals surface area contributed by atoms with Gasteiger partial charge in [0.2, 0.25) is 0 Å². The SMILES string of the molecule is Fc1cc(C(=C(c2ccccc2)c2ccccc2)c2ccc3c4ccccc4n(-c4ccccn4)c3c2)cc(N2CN(c3ccccc3)c3ccccc32)c1. The van der Waals surface area contributed by atoms with Gasteiger partial charge in [-0.05, 0) is 100 Å². The molecule has 0 amide bonds. The van der Waals surface area contributed by atoms with Crippen LogP contribution in [0, 0.1) is 5.82 Å². The summed E-state index contributed by atoms with van der Waals surface area (Å²) in [5.41, 5.74) is 11.9. The molecule has 0 unspecified atom stereocenters. The van der Waals surface area contributed by atoms with Crippen molar-refractivity contribution in [3.05, 3.63) is 228 Å². The first kappa shape index (κ1) is 32.4. The smallest absolute Gasteiger partial charge is 0.137 e. The highest BCUT2D eigenvalue weighted by atomic mass is 19.1. The second kappa shape index (κ2) is 13.6. The fourth-order valence-corrected chi connectivity index (χ4v) is 8.12. The van der Waals surface area contributed by atoms with Gasteiger partial charge in [0.05, 0.1) is 22.4 Å². The van der Waals surface area contributed by atoms with Gasteiger partial charge < -0.3 is 9.80 Å². The molecule has 1 aliphatic heterocycles. The van der Waals surface area contributed by atoms with Crippen molar-refractivity contribution < 1.29 is 4.39 Å². The Morgan fingerprint density at radius 1 is 0.436 bits per heavy atom. The summed E-state index contributed by atoms with van der Waals surface area (Å²) in [5.74, 6) is 0.538. The molecular weight excluding hydrogens is 676 g/mol. The molecular formula is C50H35FN4. The highest BCUT2D eigenvalue weighted by Crippen LogP contribution is 2.46. The maximum absolute atomic E-state index is 16.4. The Balaban J connectivity index is 1.24. The van der Waals surface area contributed by atoms with E-state index in [9.17, 15) is 0 Å². The molecule has 0 bridgehead atoms. The lowest BCUT2D eigenvalue weighted by Gasteiger charge is -2.24. The molecule has 0 atom stereocenters. The van der Waals surface area contributed by atoms with E-state index < -0.39 is 0 Å². The van der Waals surface area contributed by atoms with Crippen LogP contribution in [0.5, 0.6) is 0 Å². The zero-order valence-electron chi connectivity index (χ0n) is 29.9. The molecule has 262 valence electrons. The van der Waals surface area contributed by atoms with Crippen LogP contribution in [0.4, 0.5) is 27.1 Å². The fraction of sp³-hybridized carbons (Fsp3) is 0.0200. The number of nitrogens with zero attached hydrogens (tertiary/aromatic N) is 4. The Bertz CT molecular complexity index is 2810. The van der Waals surface area contributed by atoms with Crippen molar-refractivity contribution in [2.75, 3.05) is 16.5 Å². The van der Waals surface area contributed by atoms with Gasteiger partial charge in [0, 0.05) is 28.3 Å². The molecule has 0 N–H and O–H groups in total. The van der Waals surface area contributed by atoms with Crippen molar-refractivity contribution in [2.45, 2.75) is 0 Å². The molecule has 1 aliphatic rings. The van der Waals surface area contributed by atoms with Crippen molar-refractivity contribution in [3.63, 3.8) is 0 Å². The van der Waals surface area contributed by atoms with Crippen molar-refractivity contribution in [1.29, 1.82) is 0 Å². The highest BCUT2D eigenvalue weighted by Gasteiger charge is 2.29. The normalized spacial score (nSPS) is 12.3. The van der Waals surface area contributed by atoms with Crippen LogP contribution in [0.15, 0.2) is 200 Å². The number of anilines is 4. The first-order chi connectivity index (χ1) is 27.2. The van der Waals surface area contributed by atoms with E-state index in [1.54, 1.807) is 12.1 Å². The number of halogens is 1. The second-order valence-electron chi connectivity index (χ2n) is 13.8. The second-order valence-corrected chi connectivity index (χ2v) is 13.8. The van der Waals surface area contributed by atoms with E-state index in [1.807, 2.05) is 48.7 Å². The molecule has 2 aromatic heterocycles. The van der Waals surface area contributed by atoms with Crippen LogP contribution in [0.3, 0.4) is 0 Å². The van der Waals surface area contributed by atoms with Crippen LogP contribution in [0.1, 0.15) is 22.3 Å². The molecule has 0 saturated carbocycles. The van der Waals surface area contributed by atoms with Gasteiger partial charge in [-0.3, -0.25) is 4.57 Å². The molecule has 0 saturated heterocycles. The zero-order chi connectivity index (χ0) is 36.7. The summed E-state index contributed by atoms with van der Waals surface area (Å²) in [5, 5.41) is 2.27. The number of hydrogen-bond donors (Lipinski definition) is 0. The Labute approximate surface area is 319 Å². The van der Waals surface area contributed by atoms with Crippen LogP contribution >= 0.6 is 0 Å². The lowest BCUT2D eigenvalue weighted by atomic mass is 9.85. The van der Waals surface area contributed by atoms with E-state index in [1.165, 1.54) is 0 Å². The first-order valence-electron chi connectivity index (χ1n) is 18.5. The average Bonchev–Trinajstić information content (AvgIpc) is 3.80. The van der Waals surface area contributed by atoms with Crippen LogP contribution in [0.2, 0.25) is 0 Å². The number of rotatable bonds is 7. The summed E-state index contributed by atoms with van der Waals surface area (Å²) in [7, 11) is 0. The largest absolute Gasteiger partial charge is 0.321 e. The summed E-state index contributed by atoms with van der Waals surface area (Å²) in [6, 6.07) is 66.2. The summed E-state index contributed by atoms with van der Waals surface area (Å²) >= 11 is 0. The highest BCUT2D eigenvalue weighted by molar-refractivity contribution is 6.12. The predicted octanol–water partition coefficient (Wildman–Crippen LogP) is 12.6. The van der Waals surface area contributed by atoms with E-state index in [4.69, 9.17) is 4.98 Å². The maximum atomic E-state index is 16.4. The van der Waals surface area contributed by atoms with Gasteiger partial charge in [0.25, 0.3) is 0 Å². The van der Waals surface area contributed by atoms with Gasteiger partial charge >= 0.3 is 0 Å². The molecule has 3 heterocycles. The number of pyridine rings is 1. The van der Waals surface area contributed by atoms with Crippen molar-refractivity contribution in [1.82, 2.24) is 9.55 Å². The minimum Gasteiger partial charge on any atom is -0.321 e. The Morgan fingerprint density at radius 2 is 1.02 bits per heavy atom. The molecule has 5 heteroatoms. The van der Waals surface area contributed by atoms with E-state index in [0.717, 1.165) is 83.8 Å². The van der Waals surface area contributed by atoms with Crippen LogP contribution in [-0.4, -0.2) is 16.2 Å². The van der Waals surface area contributed by atoms with Gasteiger partial charge in [-0.2, -0.15) is 0 Å². The third-order valence-corrected chi connectivity index (χ3v) is 10.5. The Hall–Kier alpha value is -7.24. The summed E-state index contributed by atoms with van der Waals surface area (Å²) in [4.78, 5) is 9.28. The number of hydrogen-bond acceptors (Lipinski definition) is 3. The Morgan fingerprint density at radius 3 is 1.71 bits per heavy atom. The number of fused-ring (bicyclic) bond motifs is 4. The van der Waals surface area contributed by atoms with Crippen molar-refractivity contribution in [2.24, 2.45) is 0 Å². The monoisotopic (exact) mass is 710 g/mol. The fourth-order valence-electron chi connectivity index (χ4n) is 8.12. The summed E-state index contributed by atoms with van der Waals surface area (Å²) in [6.45, 7) is 0.547. The number of para-hydroxylation sites is 4. The third kappa shape index (κ3) is 5.74. The molecule has 0 radical (unpaired) electrons. The minimum atomic E-state index is -0.301. The molecule has 55 heavy (non-hydrogen) atoms. The quantitative estimate of drug-likeness (QED) is 0.154. The van der Waals surface area contributed by atoms with E-state index in [-0.39, 0.29) is 5.82 Å². The zero-order valence-corrected chi connectivity index (χ0v) is 29.9. The van der Waals surface area contributed by atoms with E-state index in [2.05, 4.69) is 154 Å². The minimum absolute atomic E-state index is 0.301. The molecule has 7 aromatic carbocycles. The molecule has 0 aliphatic carbocycles. The molecule has 0 spiro atoms. The average molecular weight is 711 g/mol. The maximum Gasteiger partial charge on any atom is 0.137 e. The third-order valence-electron chi connectivity index (χ3n) is 10.5. The molecule has 4 nitrogen and oxygen atoms in total. The van der Waals surface area contributed by atoms with E-state index >= 15 is 4.39 Å². The first-order valence-corrected chi connectivity index (χ1v) is 18.5. The molecule has 10 rings (SSSR count). The topological polar surface area (TPSA) is 24.3 Å². The lowest BCUT2D eigenvalue weighted by Crippen LogP contribution is -2.24. The van der Waals surface area contributed by atoms with Crippen LogP contribution in [0.25, 0.3) is 38.8 Å². The van der Waals surface area contributed by atoms with Gasteiger partial charge in [0.15, 0.2) is 0 Å². The van der Waals surface area contributed by atoms with Gasteiger partial charge in [-0.15, -0.1) is 0 Å². The Kier molecular flexibility index (Phi) is 8.03.